The molecule has 2 N–H and O–H groups in total. The van der Waals surface area contributed by atoms with E-state index in [4.69, 9.17) is 5.73 Å². The zero-order valence-corrected chi connectivity index (χ0v) is 9.71. The number of nitrogens with zero attached hydrogens (tertiary/aromatic N) is 2. The largest absolute Gasteiger partial charge is 0.375 e. The molecule has 0 amide bonds. The van der Waals surface area contributed by atoms with E-state index < -0.39 is 0 Å². The Morgan fingerprint density at radius 3 is 2.71 bits per heavy atom. The lowest BCUT2D eigenvalue weighted by atomic mass is 10.3. The third-order valence-corrected chi connectivity index (χ3v) is 3.90. The van der Waals surface area contributed by atoms with Gasteiger partial charge in [0.1, 0.15) is 0 Å². The Morgan fingerprint density at radius 2 is 2.21 bits per heavy atom. The van der Waals surface area contributed by atoms with E-state index in [9.17, 15) is 0 Å². The predicted molar refractivity (Wildman–Crippen MR) is 61.7 cm³/mol. The minimum atomic E-state index is 0.614. The van der Waals surface area contributed by atoms with Crippen molar-refractivity contribution >= 4 is 27.8 Å². The molecule has 5 heteroatoms. The molecule has 3 nitrogen and oxygen atoms in total. The molecular formula is C9H11N3S2. The van der Waals surface area contributed by atoms with E-state index in [1.54, 1.807) is 11.3 Å². The Labute approximate surface area is 90.6 Å². The molecule has 14 heavy (non-hydrogen) atoms. The molecule has 74 valence electrons. The first-order valence-electron chi connectivity index (χ1n) is 4.38. The van der Waals surface area contributed by atoms with Gasteiger partial charge < -0.3 is 5.73 Å². The summed E-state index contributed by atoms with van der Waals surface area (Å²) in [6.45, 7) is 4.07. The number of hydrogen-bond acceptors (Lipinski definition) is 5. The number of nitrogens with two attached hydrogens (primary N) is 1. The Morgan fingerprint density at radius 1 is 1.43 bits per heavy atom. The number of rotatable bonds is 2. The molecule has 0 aliphatic heterocycles. The minimum Gasteiger partial charge on any atom is -0.375 e. The number of hydrogen-bond donors (Lipinski definition) is 1. The second-order valence-corrected chi connectivity index (χ2v) is 4.92. The van der Waals surface area contributed by atoms with Gasteiger partial charge >= 0.3 is 0 Å². The Bertz CT molecular complexity index is 445. The molecule has 0 aromatic carbocycles. The smallest absolute Gasteiger partial charge is 0.180 e. The van der Waals surface area contributed by atoms with Crippen LogP contribution in [0.3, 0.4) is 0 Å². The van der Waals surface area contributed by atoms with Gasteiger partial charge in [-0.3, -0.25) is 0 Å². The lowest BCUT2D eigenvalue weighted by molar-refractivity contribution is 1.10. The van der Waals surface area contributed by atoms with Gasteiger partial charge in [-0.2, -0.15) is 0 Å². The molecule has 0 aliphatic rings. The normalized spacial score (nSPS) is 10.7. The summed E-state index contributed by atoms with van der Waals surface area (Å²) in [5.41, 5.74) is 7.62. The molecule has 0 saturated heterocycles. The predicted octanol–water partition coefficient (Wildman–Crippen LogP) is 2.72. The van der Waals surface area contributed by atoms with E-state index >= 15 is 0 Å². The van der Waals surface area contributed by atoms with Crippen LogP contribution in [0, 0.1) is 6.92 Å². The van der Waals surface area contributed by atoms with Gasteiger partial charge in [0.15, 0.2) is 5.13 Å². The third kappa shape index (κ3) is 1.65. The average molecular weight is 225 g/mol. The fourth-order valence-electron chi connectivity index (χ4n) is 1.23. The van der Waals surface area contributed by atoms with Crippen LogP contribution in [0.2, 0.25) is 0 Å². The molecule has 0 bridgehead atoms. The van der Waals surface area contributed by atoms with Gasteiger partial charge in [-0.1, -0.05) is 18.3 Å². The zero-order chi connectivity index (χ0) is 10.1. The van der Waals surface area contributed by atoms with Crippen molar-refractivity contribution in [3.8, 4) is 10.6 Å². The molecule has 0 aliphatic carbocycles. The average Bonchev–Trinajstić information content (AvgIpc) is 2.71. The molecule has 2 rings (SSSR count). The number of nitrogen functional groups attached to an aromatic ring is 1. The lowest BCUT2D eigenvalue weighted by Crippen LogP contribution is -1.81. The van der Waals surface area contributed by atoms with E-state index in [-0.39, 0.29) is 0 Å². The fraction of sp³-hybridized carbons (Fsp3) is 0.333. The summed E-state index contributed by atoms with van der Waals surface area (Å²) in [7, 11) is 0. The maximum absolute atomic E-state index is 5.64. The third-order valence-electron chi connectivity index (χ3n) is 1.90. The standard InChI is InChI=1S/C9H11N3S2/c1-3-7-12-6(4-13-7)8-5(2)11-9(10)14-8/h4H,3H2,1-2H3,(H2,10,11). The first-order valence-corrected chi connectivity index (χ1v) is 6.08. The SMILES string of the molecule is CCc1nc(-c2sc(N)nc2C)cs1. The second kappa shape index (κ2) is 3.67. The van der Waals surface area contributed by atoms with Crippen LogP contribution in [0.5, 0.6) is 0 Å². The summed E-state index contributed by atoms with van der Waals surface area (Å²) in [5.74, 6) is 0. The Hall–Kier alpha value is -0.940. The molecule has 0 saturated carbocycles. The summed E-state index contributed by atoms with van der Waals surface area (Å²) >= 11 is 3.19. The highest BCUT2D eigenvalue weighted by molar-refractivity contribution is 7.19. The van der Waals surface area contributed by atoms with E-state index in [0.717, 1.165) is 27.7 Å². The topological polar surface area (TPSA) is 51.8 Å². The van der Waals surface area contributed by atoms with Crippen molar-refractivity contribution in [2.24, 2.45) is 0 Å². The van der Waals surface area contributed by atoms with Crippen LogP contribution >= 0.6 is 22.7 Å². The molecule has 2 heterocycles. The number of thiazole rings is 2. The first-order chi connectivity index (χ1) is 6.70. The summed E-state index contributed by atoms with van der Waals surface area (Å²) < 4.78 is 0. The van der Waals surface area contributed by atoms with E-state index in [1.165, 1.54) is 11.3 Å². The van der Waals surface area contributed by atoms with Crippen molar-refractivity contribution in [1.82, 2.24) is 9.97 Å². The second-order valence-electron chi connectivity index (χ2n) is 2.95. The Balaban J connectivity index is 2.43. The van der Waals surface area contributed by atoms with E-state index in [2.05, 4.69) is 22.3 Å². The van der Waals surface area contributed by atoms with Gasteiger partial charge in [-0.25, -0.2) is 9.97 Å². The van der Waals surface area contributed by atoms with Crippen molar-refractivity contribution in [3.63, 3.8) is 0 Å². The fourth-order valence-corrected chi connectivity index (χ4v) is 2.84. The summed E-state index contributed by atoms with van der Waals surface area (Å²) in [5, 5.41) is 3.84. The van der Waals surface area contributed by atoms with E-state index in [1.807, 2.05) is 6.92 Å². The van der Waals surface area contributed by atoms with Crippen LogP contribution in [0.1, 0.15) is 17.6 Å². The van der Waals surface area contributed by atoms with Crippen LogP contribution in [0.15, 0.2) is 5.38 Å². The molecule has 0 unspecified atom stereocenters. The highest BCUT2D eigenvalue weighted by atomic mass is 32.1. The number of aromatic nitrogens is 2. The molecule has 2 aromatic rings. The summed E-state index contributed by atoms with van der Waals surface area (Å²) in [6, 6.07) is 0. The number of anilines is 1. The van der Waals surface area contributed by atoms with Gasteiger partial charge in [0.05, 0.1) is 21.3 Å². The molecule has 0 spiro atoms. The monoisotopic (exact) mass is 225 g/mol. The lowest BCUT2D eigenvalue weighted by Gasteiger charge is -1.90. The molecule has 0 atom stereocenters. The van der Waals surface area contributed by atoms with Crippen LogP contribution in [-0.4, -0.2) is 9.97 Å². The highest BCUT2D eigenvalue weighted by Crippen LogP contribution is 2.31. The molecule has 2 aromatic heterocycles. The maximum atomic E-state index is 5.64. The van der Waals surface area contributed by atoms with Crippen molar-refractivity contribution in [2.45, 2.75) is 20.3 Å². The zero-order valence-electron chi connectivity index (χ0n) is 8.07. The van der Waals surface area contributed by atoms with E-state index in [0.29, 0.717) is 5.13 Å². The van der Waals surface area contributed by atoms with Crippen molar-refractivity contribution in [1.29, 1.82) is 0 Å². The van der Waals surface area contributed by atoms with Crippen molar-refractivity contribution in [3.05, 3.63) is 16.1 Å². The highest BCUT2D eigenvalue weighted by Gasteiger charge is 2.10. The van der Waals surface area contributed by atoms with Crippen LogP contribution in [0.4, 0.5) is 5.13 Å². The van der Waals surface area contributed by atoms with Gasteiger partial charge in [-0.05, 0) is 13.3 Å². The molecular weight excluding hydrogens is 214 g/mol. The first kappa shape index (κ1) is 9.61. The van der Waals surface area contributed by atoms with Gasteiger partial charge in [0, 0.05) is 5.38 Å². The quantitative estimate of drug-likeness (QED) is 0.855. The Kier molecular flexibility index (Phi) is 2.52. The van der Waals surface area contributed by atoms with Crippen molar-refractivity contribution < 1.29 is 0 Å². The van der Waals surface area contributed by atoms with Crippen LogP contribution in [0.25, 0.3) is 10.6 Å². The summed E-state index contributed by atoms with van der Waals surface area (Å²) in [6.07, 6.45) is 0.984. The molecule has 0 fully saturated rings. The number of aryl methyl sites for hydroxylation is 2. The van der Waals surface area contributed by atoms with Gasteiger partial charge in [0.2, 0.25) is 0 Å². The minimum absolute atomic E-state index is 0.614. The van der Waals surface area contributed by atoms with Crippen LogP contribution in [-0.2, 0) is 6.42 Å². The maximum Gasteiger partial charge on any atom is 0.180 e. The van der Waals surface area contributed by atoms with Gasteiger partial charge in [-0.15, -0.1) is 11.3 Å². The van der Waals surface area contributed by atoms with Crippen LogP contribution < -0.4 is 5.73 Å². The summed E-state index contributed by atoms with van der Waals surface area (Å²) in [4.78, 5) is 9.79. The van der Waals surface area contributed by atoms with Crippen molar-refractivity contribution in [2.75, 3.05) is 5.73 Å². The van der Waals surface area contributed by atoms with Gasteiger partial charge in [0.25, 0.3) is 0 Å². The molecule has 0 radical (unpaired) electrons.